The minimum atomic E-state index is -0.227. The van der Waals surface area contributed by atoms with Gasteiger partial charge in [0.05, 0.1) is 12.2 Å². The van der Waals surface area contributed by atoms with Gasteiger partial charge in [0.1, 0.15) is 5.75 Å². The minimum Gasteiger partial charge on any atom is -0.507 e. The highest BCUT2D eigenvalue weighted by molar-refractivity contribution is 6.01. The van der Waals surface area contributed by atoms with Crippen molar-refractivity contribution in [1.29, 1.82) is 0 Å². The average molecular weight is 285 g/mol. The number of hydrogen-bond donors (Lipinski definition) is 1. The van der Waals surface area contributed by atoms with Crippen molar-refractivity contribution in [1.82, 2.24) is 4.90 Å². The molecule has 0 saturated heterocycles. The van der Waals surface area contributed by atoms with Crippen LogP contribution < -0.4 is 0 Å². The molecule has 0 bridgehead atoms. The third-order valence-corrected chi connectivity index (χ3v) is 3.30. The summed E-state index contributed by atoms with van der Waals surface area (Å²) in [6.45, 7) is 4.96. The summed E-state index contributed by atoms with van der Waals surface area (Å²) in [5.74, 6) is -0.236. The molecule has 2 aromatic carbocycles. The van der Waals surface area contributed by atoms with Gasteiger partial charge in [0.2, 0.25) is 0 Å². The fourth-order valence-electron chi connectivity index (χ4n) is 2.20. The van der Waals surface area contributed by atoms with E-state index in [2.05, 4.69) is 6.58 Å². The highest BCUT2D eigenvalue weighted by Gasteiger charge is 2.18. The highest BCUT2D eigenvalue weighted by atomic mass is 16.5. The number of methoxy groups -OCH3 is 1. The lowest BCUT2D eigenvalue weighted by Crippen LogP contribution is -2.34. The van der Waals surface area contributed by atoms with Gasteiger partial charge >= 0.3 is 0 Å². The van der Waals surface area contributed by atoms with Crippen molar-refractivity contribution in [2.45, 2.75) is 0 Å². The van der Waals surface area contributed by atoms with Crippen LogP contribution in [-0.2, 0) is 4.74 Å². The van der Waals surface area contributed by atoms with Gasteiger partial charge in [0.15, 0.2) is 0 Å². The van der Waals surface area contributed by atoms with Crippen LogP contribution in [0.4, 0.5) is 0 Å². The summed E-state index contributed by atoms with van der Waals surface area (Å²) in [7, 11) is 1.59. The second-order valence-corrected chi connectivity index (χ2v) is 4.75. The molecule has 0 spiro atoms. The molecule has 21 heavy (non-hydrogen) atoms. The van der Waals surface area contributed by atoms with Crippen LogP contribution in [0, 0.1) is 0 Å². The van der Waals surface area contributed by atoms with E-state index in [0.717, 1.165) is 10.8 Å². The van der Waals surface area contributed by atoms with Crippen LogP contribution in [0.1, 0.15) is 10.4 Å². The minimum absolute atomic E-state index is 0.00909. The third kappa shape index (κ3) is 3.41. The molecule has 1 amide bonds. The van der Waals surface area contributed by atoms with E-state index in [0.29, 0.717) is 25.3 Å². The molecule has 0 heterocycles. The summed E-state index contributed by atoms with van der Waals surface area (Å²) in [6, 6.07) is 10.9. The summed E-state index contributed by atoms with van der Waals surface area (Å²) >= 11 is 0. The summed E-state index contributed by atoms with van der Waals surface area (Å²) in [6.07, 6.45) is 1.66. The SMILES string of the molecule is C=CCN(CCOC)C(=O)c1cc2ccccc2cc1O. The van der Waals surface area contributed by atoms with Crippen molar-refractivity contribution in [2.75, 3.05) is 26.8 Å². The zero-order valence-corrected chi connectivity index (χ0v) is 12.1. The molecule has 0 radical (unpaired) electrons. The van der Waals surface area contributed by atoms with Gasteiger partial charge in [-0.15, -0.1) is 6.58 Å². The molecule has 0 unspecified atom stereocenters. The van der Waals surface area contributed by atoms with E-state index in [4.69, 9.17) is 4.74 Å². The maximum absolute atomic E-state index is 12.6. The number of phenols is 1. The second kappa shape index (κ2) is 6.90. The number of aromatic hydroxyl groups is 1. The Bertz CT molecular complexity index is 652. The van der Waals surface area contributed by atoms with Crippen molar-refractivity contribution in [3.05, 3.63) is 54.6 Å². The number of nitrogens with zero attached hydrogens (tertiary/aromatic N) is 1. The monoisotopic (exact) mass is 285 g/mol. The number of ether oxygens (including phenoxy) is 1. The maximum Gasteiger partial charge on any atom is 0.257 e. The molecule has 0 aliphatic rings. The molecule has 2 rings (SSSR count). The van der Waals surface area contributed by atoms with Crippen molar-refractivity contribution >= 4 is 16.7 Å². The van der Waals surface area contributed by atoms with E-state index < -0.39 is 0 Å². The Morgan fingerprint density at radius 3 is 2.62 bits per heavy atom. The van der Waals surface area contributed by atoms with Gasteiger partial charge in [-0.3, -0.25) is 4.79 Å². The van der Waals surface area contributed by atoms with E-state index >= 15 is 0 Å². The summed E-state index contributed by atoms with van der Waals surface area (Å²) in [4.78, 5) is 14.2. The molecule has 0 saturated carbocycles. The Labute approximate surface area is 124 Å². The maximum atomic E-state index is 12.6. The number of hydrogen-bond acceptors (Lipinski definition) is 3. The molecule has 1 N–H and O–H groups in total. The van der Waals surface area contributed by atoms with Crippen LogP contribution in [0.5, 0.6) is 5.75 Å². The predicted octanol–water partition coefficient (Wildman–Crippen LogP) is 2.82. The van der Waals surface area contributed by atoms with E-state index in [1.807, 2.05) is 24.3 Å². The zero-order chi connectivity index (χ0) is 15.2. The molecule has 0 aliphatic heterocycles. The largest absolute Gasteiger partial charge is 0.507 e. The number of amides is 1. The van der Waals surface area contributed by atoms with Gasteiger partial charge in [-0.25, -0.2) is 0 Å². The summed E-state index contributed by atoms with van der Waals surface area (Å²) < 4.78 is 5.01. The van der Waals surface area contributed by atoms with Gasteiger partial charge in [0.25, 0.3) is 5.91 Å². The molecule has 110 valence electrons. The Kier molecular flexibility index (Phi) is 4.95. The van der Waals surface area contributed by atoms with Crippen LogP contribution >= 0.6 is 0 Å². The number of phenolic OH excluding ortho intramolecular Hbond substituents is 1. The molecule has 0 aliphatic carbocycles. The Balaban J connectivity index is 2.36. The Hall–Kier alpha value is -2.33. The number of rotatable bonds is 6. The normalized spacial score (nSPS) is 10.5. The van der Waals surface area contributed by atoms with Gasteiger partial charge in [-0.2, -0.15) is 0 Å². The Morgan fingerprint density at radius 2 is 2.00 bits per heavy atom. The van der Waals surface area contributed by atoms with Crippen LogP contribution in [0.25, 0.3) is 10.8 Å². The summed E-state index contributed by atoms with van der Waals surface area (Å²) in [5.41, 5.74) is 0.298. The smallest absolute Gasteiger partial charge is 0.257 e. The van der Waals surface area contributed by atoms with Crippen molar-refractivity contribution in [3.8, 4) is 5.75 Å². The van der Waals surface area contributed by atoms with E-state index in [9.17, 15) is 9.90 Å². The standard InChI is InChI=1S/C17H19NO3/c1-3-8-18(9-10-21-2)17(20)15-11-13-6-4-5-7-14(13)12-16(15)19/h3-7,11-12,19H,1,8-10H2,2H3. The van der Waals surface area contributed by atoms with Gasteiger partial charge in [0, 0.05) is 20.2 Å². The molecule has 2 aromatic rings. The van der Waals surface area contributed by atoms with Gasteiger partial charge < -0.3 is 14.7 Å². The van der Waals surface area contributed by atoms with Gasteiger partial charge in [-0.05, 0) is 22.9 Å². The second-order valence-electron chi connectivity index (χ2n) is 4.75. The number of carbonyl (C=O) groups excluding carboxylic acids is 1. The topological polar surface area (TPSA) is 49.8 Å². The molecule has 0 atom stereocenters. The number of carbonyl (C=O) groups is 1. The first-order valence-corrected chi connectivity index (χ1v) is 6.78. The van der Waals surface area contributed by atoms with Gasteiger partial charge in [-0.1, -0.05) is 30.3 Å². The lowest BCUT2D eigenvalue weighted by Gasteiger charge is -2.21. The fraction of sp³-hybridized carbons (Fsp3) is 0.235. The van der Waals surface area contributed by atoms with Crippen LogP contribution in [0.15, 0.2) is 49.1 Å². The average Bonchev–Trinajstić information content (AvgIpc) is 2.50. The molecule has 4 nitrogen and oxygen atoms in total. The van der Waals surface area contributed by atoms with Crippen LogP contribution in [-0.4, -0.2) is 42.7 Å². The highest BCUT2D eigenvalue weighted by Crippen LogP contribution is 2.26. The first kappa shape index (κ1) is 15.1. The molecular formula is C17H19NO3. The molecule has 0 aromatic heterocycles. The quantitative estimate of drug-likeness (QED) is 0.830. The molecule has 0 fully saturated rings. The molecule has 4 heteroatoms. The van der Waals surface area contributed by atoms with E-state index in [1.54, 1.807) is 30.2 Å². The summed E-state index contributed by atoms with van der Waals surface area (Å²) in [5, 5.41) is 11.9. The van der Waals surface area contributed by atoms with Crippen molar-refractivity contribution in [3.63, 3.8) is 0 Å². The van der Waals surface area contributed by atoms with E-state index in [1.165, 1.54) is 0 Å². The van der Waals surface area contributed by atoms with Crippen LogP contribution in [0.2, 0.25) is 0 Å². The lowest BCUT2D eigenvalue weighted by atomic mass is 10.0. The first-order chi connectivity index (χ1) is 10.2. The van der Waals surface area contributed by atoms with Crippen LogP contribution in [0.3, 0.4) is 0 Å². The zero-order valence-electron chi connectivity index (χ0n) is 12.1. The number of benzene rings is 2. The molecular weight excluding hydrogens is 266 g/mol. The third-order valence-electron chi connectivity index (χ3n) is 3.30. The first-order valence-electron chi connectivity index (χ1n) is 6.78. The van der Waals surface area contributed by atoms with E-state index in [-0.39, 0.29) is 11.7 Å². The number of fused-ring (bicyclic) bond motifs is 1. The van der Waals surface area contributed by atoms with Crippen molar-refractivity contribution in [2.24, 2.45) is 0 Å². The lowest BCUT2D eigenvalue weighted by molar-refractivity contribution is 0.0715. The predicted molar refractivity (Wildman–Crippen MR) is 83.6 cm³/mol. The Morgan fingerprint density at radius 1 is 1.33 bits per heavy atom. The fourth-order valence-corrected chi connectivity index (χ4v) is 2.20. The van der Waals surface area contributed by atoms with Crippen molar-refractivity contribution < 1.29 is 14.6 Å².